The third kappa shape index (κ3) is 3.62. The Kier molecular flexibility index (Phi) is 5.51. The Hall–Kier alpha value is -3.44. The predicted octanol–water partition coefficient (Wildman–Crippen LogP) is 6.28. The number of pyridine rings is 1. The van der Waals surface area contributed by atoms with Crippen molar-refractivity contribution in [3.05, 3.63) is 113 Å². The van der Waals surface area contributed by atoms with Crippen LogP contribution >= 0.6 is 12.2 Å². The highest BCUT2D eigenvalue weighted by Crippen LogP contribution is 2.45. The van der Waals surface area contributed by atoms with E-state index in [2.05, 4.69) is 103 Å². The van der Waals surface area contributed by atoms with E-state index in [9.17, 15) is 0 Å². The molecule has 166 valence electrons. The van der Waals surface area contributed by atoms with E-state index in [0.717, 1.165) is 16.5 Å². The van der Waals surface area contributed by atoms with Gasteiger partial charge in [-0.1, -0.05) is 36.4 Å². The number of aryl methyl sites for hydroxylation is 1. The van der Waals surface area contributed by atoms with Crippen LogP contribution in [0.4, 0.5) is 5.69 Å². The molecule has 0 saturated carbocycles. The number of nitrogens with zero attached hydrogens (tertiary/aromatic N) is 3. The number of para-hydroxylation sites is 1. The largest absolute Gasteiger partial charge is 0.351 e. The van der Waals surface area contributed by atoms with Crippen LogP contribution in [0, 0.1) is 27.7 Å². The molecule has 33 heavy (non-hydrogen) atoms. The van der Waals surface area contributed by atoms with Gasteiger partial charge < -0.3 is 14.8 Å². The molecule has 1 aliphatic heterocycles. The first-order valence-electron chi connectivity index (χ1n) is 11.3. The zero-order valence-electron chi connectivity index (χ0n) is 19.4. The third-order valence-corrected chi connectivity index (χ3v) is 7.01. The van der Waals surface area contributed by atoms with Gasteiger partial charge in [-0.2, -0.15) is 0 Å². The second kappa shape index (κ2) is 8.49. The van der Waals surface area contributed by atoms with Crippen LogP contribution in [0.15, 0.2) is 79.0 Å². The Morgan fingerprint density at radius 3 is 2.24 bits per heavy atom. The van der Waals surface area contributed by atoms with Gasteiger partial charge in [0.1, 0.15) is 0 Å². The summed E-state index contributed by atoms with van der Waals surface area (Å²) >= 11 is 5.92. The van der Waals surface area contributed by atoms with Gasteiger partial charge in [0.2, 0.25) is 0 Å². The van der Waals surface area contributed by atoms with Crippen molar-refractivity contribution in [3.8, 4) is 5.69 Å². The molecule has 2 atom stereocenters. The number of hydrogen-bond acceptors (Lipinski definition) is 2. The van der Waals surface area contributed by atoms with Gasteiger partial charge in [0.25, 0.3) is 0 Å². The highest BCUT2D eigenvalue weighted by molar-refractivity contribution is 7.80. The standard InChI is InChI=1S/C28H28N4S/c1-18-11-10-14-23(17-18)32-27(26(30-28(32)33)24-15-8-9-16-29-24)25-19(2)20(3)31(21(25)4)22-12-6-5-7-13-22/h5-17,26-27H,1-4H3,(H,30,33)/t26-,27+/m0/s1. The summed E-state index contributed by atoms with van der Waals surface area (Å²) in [7, 11) is 0. The Bertz CT molecular complexity index is 1310. The summed E-state index contributed by atoms with van der Waals surface area (Å²) in [6, 6.07) is 25.1. The maximum atomic E-state index is 5.92. The lowest BCUT2D eigenvalue weighted by atomic mass is 9.93. The number of anilines is 1. The smallest absolute Gasteiger partial charge is 0.174 e. The van der Waals surface area contributed by atoms with E-state index in [4.69, 9.17) is 17.2 Å². The van der Waals surface area contributed by atoms with Crippen LogP contribution in [0.25, 0.3) is 5.69 Å². The van der Waals surface area contributed by atoms with Crippen LogP contribution in [0.5, 0.6) is 0 Å². The molecule has 5 rings (SSSR count). The lowest BCUT2D eigenvalue weighted by Gasteiger charge is -2.29. The normalized spacial score (nSPS) is 17.9. The quantitative estimate of drug-likeness (QED) is 0.369. The lowest BCUT2D eigenvalue weighted by Crippen LogP contribution is -2.29. The van der Waals surface area contributed by atoms with Crippen molar-refractivity contribution in [1.29, 1.82) is 0 Å². The van der Waals surface area contributed by atoms with Crippen molar-refractivity contribution in [3.63, 3.8) is 0 Å². The molecular weight excluding hydrogens is 424 g/mol. The van der Waals surface area contributed by atoms with Gasteiger partial charge in [0.15, 0.2) is 5.11 Å². The minimum absolute atomic E-state index is 0.0159. The number of nitrogens with one attached hydrogen (secondary N) is 1. The molecule has 0 radical (unpaired) electrons. The Morgan fingerprint density at radius 2 is 1.55 bits per heavy atom. The second-order valence-corrected chi connectivity index (χ2v) is 9.10. The first-order chi connectivity index (χ1) is 16.0. The van der Waals surface area contributed by atoms with Gasteiger partial charge in [-0.05, 0) is 87.4 Å². The molecule has 2 aromatic carbocycles. The molecule has 5 heteroatoms. The van der Waals surface area contributed by atoms with E-state index in [1.807, 2.05) is 18.3 Å². The summed E-state index contributed by atoms with van der Waals surface area (Å²) in [4.78, 5) is 6.98. The maximum Gasteiger partial charge on any atom is 0.174 e. The highest BCUT2D eigenvalue weighted by Gasteiger charge is 2.43. The van der Waals surface area contributed by atoms with Crippen molar-refractivity contribution in [2.24, 2.45) is 0 Å². The first kappa shape index (κ1) is 21.4. The van der Waals surface area contributed by atoms with Crippen molar-refractivity contribution in [1.82, 2.24) is 14.9 Å². The third-order valence-electron chi connectivity index (χ3n) is 6.70. The Morgan fingerprint density at radius 1 is 0.818 bits per heavy atom. The number of aromatic nitrogens is 2. The molecule has 0 spiro atoms. The van der Waals surface area contributed by atoms with Gasteiger partial charge in [-0.25, -0.2) is 0 Å². The van der Waals surface area contributed by atoms with E-state index in [1.165, 1.54) is 33.8 Å². The summed E-state index contributed by atoms with van der Waals surface area (Å²) < 4.78 is 2.36. The average molecular weight is 453 g/mol. The fourth-order valence-corrected chi connectivity index (χ4v) is 5.46. The molecule has 0 aliphatic carbocycles. The van der Waals surface area contributed by atoms with Gasteiger partial charge >= 0.3 is 0 Å². The Balaban J connectivity index is 1.74. The average Bonchev–Trinajstić information content (AvgIpc) is 3.27. The summed E-state index contributed by atoms with van der Waals surface area (Å²) in [5.41, 5.74) is 9.52. The van der Waals surface area contributed by atoms with Gasteiger partial charge in [0.05, 0.1) is 17.8 Å². The molecule has 1 aliphatic rings. The number of rotatable bonds is 4. The molecular formula is C28H28N4S. The maximum absolute atomic E-state index is 5.92. The van der Waals surface area contributed by atoms with Crippen molar-refractivity contribution < 1.29 is 0 Å². The number of thiocarbonyl (C=S) groups is 1. The second-order valence-electron chi connectivity index (χ2n) is 8.72. The van der Waals surface area contributed by atoms with Gasteiger partial charge in [-0.3, -0.25) is 4.98 Å². The molecule has 0 amide bonds. The molecule has 4 aromatic rings. The van der Waals surface area contributed by atoms with Crippen molar-refractivity contribution in [2.45, 2.75) is 39.8 Å². The highest BCUT2D eigenvalue weighted by atomic mass is 32.1. The number of hydrogen-bond donors (Lipinski definition) is 1. The van der Waals surface area contributed by atoms with Crippen LogP contribution in [0.2, 0.25) is 0 Å². The SMILES string of the molecule is Cc1cccc(N2C(=S)N[C@@H](c3ccccn3)[C@H]2c2c(C)c(C)n(-c3ccccc3)c2C)c1. The molecule has 1 N–H and O–H groups in total. The minimum atomic E-state index is -0.0531. The van der Waals surface area contributed by atoms with Gasteiger partial charge in [-0.15, -0.1) is 0 Å². The summed E-state index contributed by atoms with van der Waals surface area (Å²) in [5.74, 6) is 0. The molecule has 1 saturated heterocycles. The van der Waals surface area contributed by atoms with Crippen LogP contribution in [0.3, 0.4) is 0 Å². The monoisotopic (exact) mass is 452 g/mol. The van der Waals surface area contributed by atoms with E-state index >= 15 is 0 Å². The summed E-state index contributed by atoms with van der Waals surface area (Å²) in [6.07, 6.45) is 1.85. The van der Waals surface area contributed by atoms with E-state index in [1.54, 1.807) is 0 Å². The molecule has 2 aromatic heterocycles. The zero-order chi connectivity index (χ0) is 23.1. The van der Waals surface area contributed by atoms with Crippen LogP contribution in [-0.4, -0.2) is 14.7 Å². The summed E-state index contributed by atoms with van der Waals surface area (Å²) in [6.45, 7) is 8.76. The van der Waals surface area contributed by atoms with E-state index in [0.29, 0.717) is 0 Å². The lowest BCUT2D eigenvalue weighted by molar-refractivity contribution is 0.563. The zero-order valence-corrected chi connectivity index (χ0v) is 20.2. The van der Waals surface area contributed by atoms with Crippen LogP contribution < -0.4 is 10.2 Å². The molecule has 0 bridgehead atoms. The molecule has 1 fully saturated rings. The fraction of sp³-hybridized carbons (Fsp3) is 0.214. The van der Waals surface area contributed by atoms with Gasteiger partial charge in [0, 0.05) is 34.5 Å². The summed E-state index contributed by atoms with van der Waals surface area (Å²) in [5, 5.41) is 4.32. The van der Waals surface area contributed by atoms with Crippen LogP contribution in [-0.2, 0) is 0 Å². The topological polar surface area (TPSA) is 33.1 Å². The molecule has 4 nitrogen and oxygen atoms in total. The molecule has 3 heterocycles. The Labute approximate surface area is 200 Å². The predicted molar refractivity (Wildman–Crippen MR) is 139 cm³/mol. The molecule has 0 unspecified atom stereocenters. The van der Waals surface area contributed by atoms with E-state index < -0.39 is 0 Å². The van der Waals surface area contributed by atoms with Crippen molar-refractivity contribution in [2.75, 3.05) is 4.90 Å². The fourth-order valence-electron chi connectivity index (χ4n) is 5.11. The van der Waals surface area contributed by atoms with Crippen molar-refractivity contribution >= 4 is 23.0 Å². The first-order valence-corrected chi connectivity index (χ1v) is 11.7. The van der Waals surface area contributed by atoms with Crippen LogP contribution in [0.1, 0.15) is 45.9 Å². The van der Waals surface area contributed by atoms with E-state index in [-0.39, 0.29) is 12.1 Å². The number of benzene rings is 2. The minimum Gasteiger partial charge on any atom is -0.351 e.